The molecule has 0 aliphatic rings. The molecule has 0 aliphatic carbocycles. The minimum atomic E-state index is 0.584. The first-order valence-electron chi connectivity index (χ1n) is 47.4. The van der Waals surface area contributed by atoms with E-state index >= 15 is 0 Å². The predicted octanol–water partition coefficient (Wildman–Crippen LogP) is 30.1. The van der Waals surface area contributed by atoms with Crippen LogP contribution in [-0.4, -0.2) is 0 Å². The van der Waals surface area contributed by atoms with Gasteiger partial charge in [0.25, 0.3) is 0 Å². The normalized spacial score (nSPS) is 11.1. The highest BCUT2D eigenvalue weighted by atomic mass is 16.4. The first kappa shape index (κ1) is 94.3. The lowest BCUT2D eigenvalue weighted by atomic mass is 9.95. The molecule has 12 aromatic carbocycles. The van der Waals surface area contributed by atoms with Crippen molar-refractivity contribution in [2.45, 2.75) is 83.1 Å². The molecule has 12 heterocycles. The maximum atomic E-state index is 9.59. The van der Waals surface area contributed by atoms with Gasteiger partial charge >= 0.3 is 0 Å². The number of fused-ring (bicyclic) bond motifs is 18. The summed E-state index contributed by atoms with van der Waals surface area (Å²) in [6, 6.07) is 89.9. The van der Waals surface area contributed by atoms with Gasteiger partial charge < -0.3 is 26.5 Å². The molecular weight excluding hydrogens is 1780 g/mol. The Hall–Kier alpha value is -18.7. The largest absolute Gasteiger partial charge is 0.466 e. The highest BCUT2D eigenvalue weighted by Crippen LogP contribution is 2.49. The number of benzene rings is 12. The van der Waals surface area contributed by atoms with E-state index in [-0.39, 0.29) is 0 Å². The topological polar surface area (TPSA) is 167 Å². The van der Waals surface area contributed by atoms with E-state index in [1.54, 1.807) is 0 Å². The van der Waals surface area contributed by atoms with Crippen LogP contribution in [0.1, 0.15) is 77.9 Å². The van der Waals surface area contributed by atoms with Crippen molar-refractivity contribution in [3.05, 3.63) is 416 Å². The van der Waals surface area contributed by atoms with E-state index in [9.17, 15) is 10.5 Å². The Morgan fingerprint density at radius 1 is 0.229 bits per heavy atom. The average molecular weight is 1880 g/mol. The van der Waals surface area contributed by atoms with Gasteiger partial charge in [-0.15, -0.1) is 0 Å². The number of rotatable bonds is 6. The summed E-state index contributed by atoms with van der Waals surface area (Å²) in [6.07, 6.45) is 12.2. The zero-order valence-corrected chi connectivity index (χ0v) is 83.5. The first-order valence-corrected chi connectivity index (χ1v) is 47.4. The van der Waals surface area contributed by atoms with Crippen LogP contribution in [0.4, 0.5) is 22.7 Å². The summed E-state index contributed by atoms with van der Waals surface area (Å²) in [5, 5.41) is 31.6. The predicted molar refractivity (Wildman–Crippen MR) is 573 cm³/mol. The Bertz CT molecular complexity index is 9680. The molecule has 0 aliphatic heterocycles. The fourth-order valence-corrected chi connectivity index (χ4v) is 20.3. The number of aromatic nitrogens is 6. The van der Waals surface area contributed by atoms with Crippen LogP contribution >= 0.6 is 0 Å². The van der Waals surface area contributed by atoms with E-state index in [0.29, 0.717) is 45.0 Å². The Morgan fingerprint density at radius 2 is 0.618 bits per heavy atom. The summed E-state index contributed by atoms with van der Waals surface area (Å²) in [7, 11) is 12.2. The van der Waals surface area contributed by atoms with Crippen molar-refractivity contribution in [2.75, 3.05) is 0 Å². The van der Waals surface area contributed by atoms with Crippen LogP contribution in [0.2, 0.25) is 0 Å². The van der Waals surface area contributed by atoms with Crippen molar-refractivity contribution in [2.24, 2.45) is 42.3 Å². The maximum Gasteiger partial charge on any atom is 0.232 e. The standard InChI is InChI=1S/6C21H17N2O/c1-13-8-11-18-20(19(13)17-7-5-6-12-23(17)4)15-9-10-16(22-3)14(2)21(15)24-18;1-13-8-10-15-16-11-9-14(2)19(22-3)21(16)24-20(15)18(13)17-7-5-6-12-23(17)4;1-13-8-9-18-20(19(13)17-7-5-6-10-23(17)4)16-12-15(22-3)11-14(2)21(16)24-18;1-13-8-9-15-16-12-17(22-3)14(2)11-19(16)24-21(15)20(13)18-7-5-6-10-23(18)4;1-13-7-6-8-16-19-18(17-9-4-5-10-23(17)3)14(2)11-15(12-22)21(19)24-20(13)16;1-13-8-10-17-20(18(13)16-6-4-5-11-23(16)3)19-15(12-22)9-7-14(2)21(19)24-17/h4*5-12H,1-2,4H3;2*4-11H,1-3H3/q6*+1. The van der Waals surface area contributed by atoms with E-state index in [2.05, 4.69) is 211 Å². The van der Waals surface area contributed by atoms with Gasteiger partial charge in [0.2, 0.25) is 39.9 Å². The molecule has 0 fully saturated rings. The highest BCUT2D eigenvalue weighted by Gasteiger charge is 2.31. The van der Waals surface area contributed by atoms with Crippen molar-refractivity contribution in [3.63, 3.8) is 0 Å². The molecule has 24 aromatic rings. The Balaban J connectivity index is 0.000000109. The molecule has 0 spiro atoms. The van der Waals surface area contributed by atoms with Gasteiger partial charge in [0.1, 0.15) is 110 Å². The number of aryl methyl sites for hydroxylation is 18. The van der Waals surface area contributed by atoms with Gasteiger partial charge in [-0.25, -0.2) is 46.8 Å². The minimum absolute atomic E-state index is 0.584. The van der Waals surface area contributed by atoms with E-state index in [1.165, 1.54) is 22.3 Å². The molecule has 0 unspecified atom stereocenters. The smallest absolute Gasteiger partial charge is 0.232 e. The number of furan rings is 6. The lowest BCUT2D eigenvalue weighted by Gasteiger charge is -2.07. The van der Waals surface area contributed by atoms with Gasteiger partial charge in [-0.2, -0.15) is 10.5 Å². The number of para-hydroxylation sites is 1. The molecular formula is C126H102N12O6+6. The number of nitrogens with zero attached hydrogens (tertiary/aromatic N) is 12. The number of hydrogen-bond donors (Lipinski definition) is 0. The zero-order valence-electron chi connectivity index (χ0n) is 83.5. The Kier molecular flexibility index (Phi) is 25.2. The molecule has 18 nitrogen and oxygen atoms in total. The van der Waals surface area contributed by atoms with Crippen LogP contribution in [0.15, 0.2) is 318 Å². The SMILES string of the molecule is Cc1cc(C#N)c2oc3c(C)cccc3c2c1-c1cccc[n+]1C.Cc1ccc2oc3c(C)ccc(C#N)c3c2c1-c1cccc[n+]1C.[C-]#[N+]c1c(C)ccc2c1oc1c(-c3cccc[n+]3C)c(C)ccc12.[C-]#[N+]c1cc(C)c2oc3ccc(C)c(-c4cccc[n+]4C)c3c2c1.[C-]#[N+]c1cc2c(cc1C)oc1c(-c3cccc[n+]3C)c(C)ccc12.[C-]#[N+]c1ccc2c(oc3ccc(C)c(-c4cccc[n+]4C)c32)c1C. The van der Waals surface area contributed by atoms with E-state index in [0.717, 1.165) is 233 Å². The van der Waals surface area contributed by atoms with Crippen LogP contribution in [-0.2, 0) is 42.3 Å². The van der Waals surface area contributed by atoms with Crippen LogP contribution in [0.25, 0.3) is 219 Å². The van der Waals surface area contributed by atoms with Crippen molar-refractivity contribution in [1.29, 1.82) is 10.5 Å². The second kappa shape index (κ2) is 38.6. The van der Waals surface area contributed by atoms with Crippen molar-refractivity contribution >= 4 is 154 Å². The zero-order chi connectivity index (χ0) is 101. The summed E-state index contributed by atoms with van der Waals surface area (Å²) in [4.78, 5) is 14.5. The Labute approximate surface area is 834 Å². The molecule has 0 atom stereocenters. The summed E-state index contributed by atoms with van der Waals surface area (Å²) in [5.74, 6) is 0. The summed E-state index contributed by atoms with van der Waals surface area (Å²) >= 11 is 0. The third-order valence-electron chi connectivity index (χ3n) is 27.7. The molecule has 144 heavy (non-hydrogen) atoms. The highest BCUT2D eigenvalue weighted by molar-refractivity contribution is 6.20. The molecule has 12 aromatic heterocycles. The third kappa shape index (κ3) is 16.6. The van der Waals surface area contributed by atoms with Crippen LogP contribution in [0.5, 0.6) is 0 Å². The number of hydrogen-bond acceptors (Lipinski definition) is 8. The fourth-order valence-electron chi connectivity index (χ4n) is 20.3. The fraction of sp³-hybridized carbons (Fsp3) is 0.143. The molecule has 0 radical (unpaired) electrons. The molecule has 0 saturated carbocycles. The van der Waals surface area contributed by atoms with E-state index in [1.807, 2.05) is 265 Å². The molecule has 0 N–H and O–H groups in total. The number of pyridine rings is 6. The van der Waals surface area contributed by atoms with E-state index in [4.69, 9.17) is 52.8 Å². The van der Waals surface area contributed by atoms with Gasteiger partial charge in [0.05, 0.1) is 76.9 Å². The number of nitriles is 2. The minimum Gasteiger partial charge on any atom is -0.466 e. The molecule has 0 amide bonds. The average Bonchev–Trinajstić information content (AvgIpc) is 1.59. The summed E-state index contributed by atoms with van der Waals surface area (Å²) < 4.78 is 49.6. The summed E-state index contributed by atoms with van der Waals surface area (Å²) in [6.45, 7) is 54.0. The third-order valence-corrected chi connectivity index (χ3v) is 27.7. The van der Waals surface area contributed by atoms with E-state index < -0.39 is 0 Å². The van der Waals surface area contributed by atoms with Crippen LogP contribution in [0.3, 0.4) is 0 Å². The monoisotopic (exact) mass is 1880 g/mol. The van der Waals surface area contributed by atoms with Crippen molar-refractivity contribution in [1.82, 2.24) is 0 Å². The molecule has 696 valence electrons. The van der Waals surface area contributed by atoms with Crippen LogP contribution < -0.4 is 27.4 Å². The first-order chi connectivity index (χ1) is 69.6. The molecule has 0 saturated heterocycles. The van der Waals surface area contributed by atoms with Gasteiger partial charge in [-0.3, -0.25) is 0 Å². The second-order valence-corrected chi connectivity index (χ2v) is 37.0. The quantitative estimate of drug-likeness (QED) is 0.117. The molecule has 18 heteroatoms. The lowest BCUT2D eigenvalue weighted by molar-refractivity contribution is -0.660. The van der Waals surface area contributed by atoms with Gasteiger partial charge in [0.15, 0.2) is 59.8 Å². The maximum absolute atomic E-state index is 9.59. The molecule has 0 bridgehead atoms. The van der Waals surface area contributed by atoms with Gasteiger partial charge in [0, 0.05) is 137 Å². The van der Waals surface area contributed by atoms with Crippen molar-refractivity contribution < 1.29 is 53.9 Å². The molecule has 24 rings (SSSR count). The van der Waals surface area contributed by atoms with Crippen molar-refractivity contribution in [3.8, 4) is 79.7 Å². The van der Waals surface area contributed by atoms with Gasteiger partial charge in [-0.05, 0) is 241 Å². The lowest BCUT2D eigenvalue weighted by Crippen LogP contribution is -2.30. The van der Waals surface area contributed by atoms with Gasteiger partial charge in [-0.1, -0.05) is 91.0 Å². The summed E-state index contributed by atoms with van der Waals surface area (Å²) in [5.41, 5.74) is 40.0. The second-order valence-electron chi connectivity index (χ2n) is 37.0. The Morgan fingerprint density at radius 3 is 1.11 bits per heavy atom. The van der Waals surface area contributed by atoms with Crippen LogP contribution in [0, 0.1) is 132 Å².